The lowest BCUT2D eigenvalue weighted by Gasteiger charge is -2.24. The van der Waals surface area contributed by atoms with Gasteiger partial charge in [-0.2, -0.15) is 0 Å². The second-order valence-corrected chi connectivity index (χ2v) is 5.54. The molecule has 25 heavy (non-hydrogen) atoms. The number of aryl methyl sites for hydroxylation is 1. The second kappa shape index (κ2) is 5.70. The zero-order valence-corrected chi connectivity index (χ0v) is 14.1. The number of ketones is 2. The van der Waals surface area contributed by atoms with Crippen molar-refractivity contribution in [2.75, 3.05) is 21.3 Å². The Labute approximate surface area is 143 Å². The standard InChI is InChI=1S/C18H16O7/c1-7-5-9(19)12-13(16(7)23-2)14(21)8-6-10(20)17(24-3)18(25-4)11(8)15(12)22/h5-6,19-20H,1-4H3. The van der Waals surface area contributed by atoms with E-state index in [0.29, 0.717) is 5.56 Å². The number of methoxy groups -OCH3 is 3. The summed E-state index contributed by atoms with van der Waals surface area (Å²) in [5.41, 5.74) is 0.190. The van der Waals surface area contributed by atoms with Crippen molar-refractivity contribution in [1.29, 1.82) is 0 Å². The fourth-order valence-corrected chi connectivity index (χ4v) is 3.17. The molecule has 0 spiro atoms. The van der Waals surface area contributed by atoms with Gasteiger partial charge in [0.05, 0.1) is 38.0 Å². The number of benzene rings is 2. The molecule has 2 aromatic carbocycles. The fourth-order valence-electron chi connectivity index (χ4n) is 3.17. The third-order valence-corrected chi connectivity index (χ3v) is 4.20. The summed E-state index contributed by atoms with van der Waals surface area (Å²) in [7, 11) is 3.97. The molecule has 2 aromatic rings. The first-order chi connectivity index (χ1) is 11.9. The summed E-state index contributed by atoms with van der Waals surface area (Å²) >= 11 is 0. The van der Waals surface area contributed by atoms with E-state index in [-0.39, 0.29) is 51.0 Å². The summed E-state index contributed by atoms with van der Waals surface area (Å²) in [6, 6.07) is 2.51. The molecule has 0 saturated carbocycles. The molecule has 130 valence electrons. The molecule has 1 aliphatic rings. The minimum atomic E-state index is -0.615. The summed E-state index contributed by atoms with van der Waals surface area (Å²) in [6.45, 7) is 1.65. The van der Waals surface area contributed by atoms with Gasteiger partial charge < -0.3 is 24.4 Å². The van der Waals surface area contributed by atoms with Crippen LogP contribution in [0.25, 0.3) is 0 Å². The molecule has 0 unspecified atom stereocenters. The number of phenolic OH excluding ortho intramolecular Hbond substituents is 2. The molecule has 7 nitrogen and oxygen atoms in total. The first kappa shape index (κ1) is 16.6. The summed E-state index contributed by atoms with van der Waals surface area (Å²) in [5.74, 6) is -1.77. The number of hydrogen-bond acceptors (Lipinski definition) is 7. The van der Waals surface area contributed by atoms with Crippen molar-refractivity contribution in [3.63, 3.8) is 0 Å². The lowest BCUT2D eigenvalue weighted by Crippen LogP contribution is -2.23. The largest absolute Gasteiger partial charge is 0.507 e. The number of phenols is 2. The number of hydrogen-bond donors (Lipinski definition) is 2. The fraction of sp³-hybridized carbons (Fsp3) is 0.222. The maximum atomic E-state index is 13.0. The van der Waals surface area contributed by atoms with Crippen molar-refractivity contribution in [1.82, 2.24) is 0 Å². The lowest BCUT2D eigenvalue weighted by atomic mass is 9.81. The quantitative estimate of drug-likeness (QED) is 0.751. The van der Waals surface area contributed by atoms with E-state index in [2.05, 4.69) is 0 Å². The number of aromatic hydroxyl groups is 2. The van der Waals surface area contributed by atoms with Gasteiger partial charge in [0.15, 0.2) is 17.3 Å². The van der Waals surface area contributed by atoms with Crippen LogP contribution < -0.4 is 14.2 Å². The van der Waals surface area contributed by atoms with Gasteiger partial charge in [0.2, 0.25) is 11.5 Å². The normalized spacial score (nSPS) is 12.5. The predicted octanol–water partition coefficient (Wildman–Crippen LogP) is 2.21. The molecule has 2 N–H and O–H groups in total. The zero-order chi connectivity index (χ0) is 18.5. The molecule has 0 amide bonds. The molecule has 0 radical (unpaired) electrons. The number of rotatable bonds is 3. The predicted molar refractivity (Wildman–Crippen MR) is 87.5 cm³/mol. The van der Waals surface area contributed by atoms with E-state index < -0.39 is 11.6 Å². The summed E-state index contributed by atoms with van der Waals surface area (Å²) in [6.07, 6.45) is 0. The highest BCUT2D eigenvalue weighted by molar-refractivity contribution is 6.31. The average molecular weight is 344 g/mol. The Hall–Kier alpha value is -3.22. The molecule has 0 saturated heterocycles. The zero-order valence-electron chi connectivity index (χ0n) is 14.1. The van der Waals surface area contributed by atoms with E-state index in [0.717, 1.165) is 6.07 Å². The number of carbonyl (C=O) groups is 2. The van der Waals surface area contributed by atoms with Crippen molar-refractivity contribution in [2.24, 2.45) is 0 Å². The van der Waals surface area contributed by atoms with Gasteiger partial charge in [0.25, 0.3) is 0 Å². The van der Waals surface area contributed by atoms with Crippen molar-refractivity contribution < 1.29 is 34.0 Å². The minimum absolute atomic E-state index is 0.0379. The minimum Gasteiger partial charge on any atom is -0.507 e. The van der Waals surface area contributed by atoms with Crippen LogP contribution in [0.5, 0.6) is 28.7 Å². The molecule has 0 atom stereocenters. The Bertz CT molecular complexity index is 928. The van der Waals surface area contributed by atoms with Crippen LogP contribution in [0.4, 0.5) is 0 Å². The third-order valence-electron chi connectivity index (χ3n) is 4.20. The summed E-state index contributed by atoms with van der Waals surface area (Å²) in [4.78, 5) is 26.0. The van der Waals surface area contributed by atoms with Gasteiger partial charge in [0, 0.05) is 5.56 Å². The monoisotopic (exact) mass is 344 g/mol. The highest BCUT2D eigenvalue weighted by Gasteiger charge is 2.39. The molecular formula is C18H16O7. The smallest absolute Gasteiger partial charge is 0.203 e. The molecule has 0 fully saturated rings. The van der Waals surface area contributed by atoms with Crippen molar-refractivity contribution in [3.05, 3.63) is 39.9 Å². The molecule has 7 heteroatoms. The number of ether oxygens (including phenoxy) is 3. The first-order valence-electron chi connectivity index (χ1n) is 7.35. The number of carbonyl (C=O) groups excluding carboxylic acids is 2. The van der Waals surface area contributed by atoms with Gasteiger partial charge in [-0.3, -0.25) is 9.59 Å². The summed E-state index contributed by atoms with van der Waals surface area (Å²) < 4.78 is 15.5. The van der Waals surface area contributed by atoms with Crippen LogP contribution >= 0.6 is 0 Å². The maximum absolute atomic E-state index is 13.0. The molecule has 0 bridgehead atoms. The van der Waals surface area contributed by atoms with E-state index in [1.54, 1.807) is 6.92 Å². The van der Waals surface area contributed by atoms with E-state index in [9.17, 15) is 19.8 Å². The van der Waals surface area contributed by atoms with Gasteiger partial charge in [0.1, 0.15) is 11.5 Å². The van der Waals surface area contributed by atoms with E-state index in [1.807, 2.05) is 0 Å². The van der Waals surface area contributed by atoms with Crippen molar-refractivity contribution in [2.45, 2.75) is 6.92 Å². The van der Waals surface area contributed by atoms with Crippen molar-refractivity contribution >= 4 is 11.6 Å². The Kier molecular flexibility index (Phi) is 3.79. The molecular weight excluding hydrogens is 328 g/mol. The van der Waals surface area contributed by atoms with Gasteiger partial charge >= 0.3 is 0 Å². The first-order valence-corrected chi connectivity index (χ1v) is 7.35. The SMILES string of the molecule is COc1c(O)cc2c(c1OC)C(=O)c1c(O)cc(C)c(OC)c1C2=O. The van der Waals surface area contributed by atoms with Gasteiger partial charge in [-0.05, 0) is 24.6 Å². The van der Waals surface area contributed by atoms with E-state index in [1.165, 1.54) is 27.4 Å². The van der Waals surface area contributed by atoms with Crippen LogP contribution in [0.15, 0.2) is 12.1 Å². The molecule has 0 heterocycles. The van der Waals surface area contributed by atoms with Crippen LogP contribution in [0.2, 0.25) is 0 Å². The van der Waals surface area contributed by atoms with Gasteiger partial charge in [-0.1, -0.05) is 0 Å². The molecule has 0 aliphatic heterocycles. The van der Waals surface area contributed by atoms with Crippen LogP contribution in [-0.4, -0.2) is 43.1 Å². The van der Waals surface area contributed by atoms with Crippen LogP contribution in [-0.2, 0) is 0 Å². The highest BCUT2D eigenvalue weighted by atomic mass is 16.5. The second-order valence-electron chi connectivity index (χ2n) is 5.54. The highest BCUT2D eigenvalue weighted by Crippen LogP contribution is 2.48. The molecule has 0 aromatic heterocycles. The van der Waals surface area contributed by atoms with Crippen LogP contribution in [0.1, 0.15) is 37.4 Å². The Morgan fingerprint density at radius 2 is 1.32 bits per heavy atom. The van der Waals surface area contributed by atoms with Crippen LogP contribution in [0.3, 0.4) is 0 Å². The van der Waals surface area contributed by atoms with E-state index >= 15 is 0 Å². The lowest BCUT2D eigenvalue weighted by molar-refractivity contribution is 0.0970. The van der Waals surface area contributed by atoms with Crippen LogP contribution in [0, 0.1) is 6.92 Å². The maximum Gasteiger partial charge on any atom is 0.203 e. The molecule has 1 aliphatic carbocycles. The Morgan fingerprint density at radius 1 is 0.720 bits per heavy atom. The van der Waals surface area contributed by atoms with E-state index in [4.69, 9.17) is 14.2 Å². The Morgan fingerprint density at radius 3 is 1.88 bits per heavy atom. The van der Waals surface area contributed by atoms with Crippen molar-refractivity contribution in [3.8, 4) is 28.7 Å². The van der Waals surface area contributed by atoms with Gasteiger partial charge in [-0.15, -0.1) is 0 Å². The third kappa shape index (κ3) is 2.12. The van der Waals surface area contributed by atoms with Gasteiger partial charge in [-0.25, -0.2) is 0 Å². The summed E-state index contributed by atoms with van der Waals surface area (Å²) in [5, 5.41) is 20.4. The topological polar surface area (TPSA) is 102 Å². The molecule has 3 rings (SSSR count). The Balaban J connectivity index is 2.44. The average Bonchev–Trinajstić information content (AvgIpc) is 2.57. The number of fused-ring (bicyclic) bond motifs is 2.